The monoisotopic (exact) mass is 638 g/mol. The third kappa shape index (κ3) is 7.68. The number of esters is 1. The van der Waals surface area contributed by atoms with Crippen LogP contribution < -0.4 is 5.32 Å². The maximum Gasteiger partial charge on any atom is 0.323 e. The molecule has 0 saturated carbocycles. The number of anilines is 1. The second kappa shape index (κ2) is 13.9. The Morgan fingerprint density at radius 3 is 2.38 bits per heavy atom. The van der Waals surface area contributed by atoms with Gasteiger partial charge in [0, 0.05) is 23.7 Å². The number of ether oxygens (including phenoxy) is 3. The average molecular weight is 639 g/mol. The second-order valence-electron chi connectivity index (χ2n) is 13.3. The highest BCUT2D eigenvalue weighted by atomic mass is 16.7. The number of carbonyl (C=O) groups excluding carboxylic acids is 2. The predicted octanol–water partition coefficient (Wildman–Crippen LogP) is 5.97. The number of aromatic nitrogens is 2. The zero-order valence-electron chi connectivity index (χ0n) is 27.3. The lowest BCUT2D eigenvalue weighted by Crippen LogP contribution is -2.48. The minimum atomic E-state index is -0.683. The number of para-hydroxylation sites is 2. The Labute approximate surface area is 275 Å². The molecule has 0 radical (unpaired) electrons. The van der Waals surface area contributed by atoms with E-state index in [1.165, 1.54) is 6.20 Å². The van der Waals surface area contributed by atoms with Crippen LogP contribution in [0, 0.1) is 5.92 Å². The summed E-state index contributed by atoms with van der Waals surface area (Å²) in [5, 5.41) is 12.5. The van der Waals surface area contributed by atoms with Gasteiger partial charge in [-0.15, -0.1) is 0 Å². The number of fused-ring (bicyclic) bond motifs is 1. The number of rotatable bonds is 8. The number of nitrogens with one attached hydrogen (secondary N) is 1. The van der Waals surface area contributed by atoms with Crippen molar-refractivity contribution in [3.8, 4) is 0 Å². The molecule has 0 spiro atoms. The minimum Gasteiger partial charge on any atom is -0.459 e. The first-order valence-corrected chi connectivity index (χ1v) is 16.2. The van der Waals surface area contributed by atoms with Crippen molar-refractivity contribution in [2.75, 3.05) is 18.4 Å². The van der Waals surface area contributed by atoms with E-state index in [0.29, 0.717) is 17.7 Å². The molecule has 2 aliphatic heterocycles. The fourth-order valence-corrected chi connectivity index (χ4v) is 6.23. The molecule has 2 aliphatic rings. The number of aliphatic hydroxyl groups excluding tert-OH is 1. The maximum atomic E-state index is 13.1. The molecule has 2 N–H and O–H groups in total. The van der Waals surface area contributed by atoms with E-state index in [9.17, 15) is 14.7 Å². The first-order valence-electron chi connectivity index (χ1n) is 16.2. The Kier molecular flexibility index (Phi) is 9.65. The average Bonchev–Trinajstić information content (AvgIpc) is 3.53. The zero-order chi connectivity index (χ0) is 33.1. The van der Waals surface area contributed by atoms with E-state index < -0.39 is 11.9 Å². The molecule has 2 fully saturated rings. The van der Waals surface area contributed by atoms with Crippen LogP contribution >= 0.6 is 0 Å². The molecule has 4 aromatic rings. The number of likely N-dealkylation sites (tertiary alicyclic amines) is 1. The molecule has 10 nitrogen and oxygen atoms in total. The van der Waals surface area contributed by atoms with Gasteiger partial charge in [0.1, 0.15) is 17.3 Å². The SMILES string of the molecule is CC1C(CN2CCCC2C(=O)OC(C)(C)C)OC(c2ccc(NC(=O)c3cnc4ccccc4n3)cc2)OC1c1ccc(CO)cc1. The van der Waals surface area contributed by atoms with Gasteiger partial charge in [-0.05, 0) is 75.5 Å². The predicted molar refractivity (Wildman–Crippen MR) is 177 cm³/mol. The Hall–Kier alpha value is -4.22. The highest BCUT2D eigenvalue weighted by molar-refractivity contribution is 6.03. The number of hydrogen-bond acceptors (Lipinski definition) is 9. The molecule has 5 atom stereocenters. The van der Waals surface area contributed by atoms with Crippen molar-refractivity contribution >= 4 is 28.6 Å². The van der Waals surface area contributed by atoms with Crippen LogP contribution in [0.2, 0.25) is 0 Å². The van der Waals surface area contributed by atoms with Crippen LogP contribution in [0.5, 0.6) is 0 Å². The summed E-state index contributed by atoms with van der Waals surface area (Å²) in [6.45, 7) is 9.08. The summed E-state index contributed by atoms with van der Waals surface area (Å²) in [5.74, 6) is -0.589. The molecule has 3 aromatic carbocycles. The van der Waals surface area contributed by atoms with Gasteiger partial charge in [0.05, 0.1) is 36.0 Å². The van der Waals surface area contributed by atoms with Gasteiger partial charge in [0.25, 0.3) is 5.91 Å². The summed E-state index contributed by atoms with van der Waals surface area (Å²) in [6.07, 6.45) is 1.91. The van der Waals surface area contributed by atoms with Crippen LogP contribution in [0.1, 0.15) is 80.1 Å². The molecule has 47 heavy (non-hydrogen) atoms. The van der Waals surface area contributed by atoms with Gasteiger partial charge in [0.15, 0.2) is 6.29 Å². The number of aliphatic hydroxyl groups is 1. The molecule has 0 bridgehead atoms. The van der Waals surface area contributed by atoms with Crippen molar-refractivity contribution in [3.05, 3.63) is 101 Å². The topological polar surface area (TPSA) is 123 Å². The van der Waals surface area contributed by atoms with Crippen molar-refractivity contribution in [2.45, 2.75) is 77.3 Å². The fraction of sp³-hybridized carbons (Fsp3) is 0.405. The number of nitrogens with zero attached hydrogens (tertiary/aromatic N) is 3. The summed E-state index contributed by atoms with van der Waals surface area (Å²) in [4.78, 5) is 37.0. The molecule has 10 heteroatoms. The van der Waals surface area contributed by atoms with Gasteiger partial charge in [-0.25, -0.2) is 4.98 Å². The molecular formula is C37H42N4O6. The summed E-state index contributed by atoms with van der Waals surface area (Å²) in [7, 11) is 0. The van der Waals surface area contributed by atoms with Crippen molar-refractivity contribution in [1.29, 1.82) is 0 Å². The summed E-state index contributed by atoms with van der Waals surface area (Å²) >= 11 is 0. The number of amides is 1. The van der Waals surface area contributed by atoms with Crippen molar-refractivity contribution in [3.63, 3.8) is 0 Å². The van der Waals surface area contributed by atoms with Crippen LogP contribution in [-0.4, -0.2) is 62.7 Å². The van der Waals surface area contributed by atoms with E-state index in [1.54, 1.807) is 0 Å². The van der Waals surface area contributed by atoms with E-state index in [-0.39, 0.29) is 48.3 Å². The largest absolute Gasteiger partial charge is 0.459 e. The second-order valence-corrected chi connectivity index (χ2v) is 13.3. The van der Waals surface area contributed by atoms with Crippen molar-refractivity contribution < 1.29 is 28.9 Å². The Morgan fingerprint density at radius 1 is 0.979 bits per heavy atom. The van der Waals surface area contributed by atoms with Gasteiger partial charge in [-0.3, -0.25) is 19.5 Å². The molecule has 5 unspecified atom stereocenters. The quantitative estimate of drug-likeness (QED) is 0.225. The van der Waals surface area contributed by atoms with E-state index in [1.807, 2.05) is 93.6 Å². The Morgan fingerprint density at radius 2 is 1.68 bits per heavy atom. The van der Waals surface area contributed by atoms with E-state index in [4.69, 9.17) is 14.2 Å². The molecule has 3 heterocycles. The molecule has 1 amide bonds. The first-order chi connectivity index (χ1) is 22.6. The summed E-state index contributed by atoms with van der Waals surface area (Å²) in [6, 6.07) is 22.3. The summed E-state index contributed by atoms with van der Waals surface area (Å²) < 4.78 is 19.0. The van der Waals surface area contributed by atoms with Crippen LogP contribution in [0.3, 0.4) is 0 Å². The number of carbonyl (C=O) groups is 2. The molecule has 1 aromatic heterocycles. The lowest BCUT2D eigenvalue weighted by molar-refractivity contribution is -0.276. The molecule has 246 valence electrons. The first kappa shape index (κ1) is 32.7. The van der Waals surface area contributed by atoms with Crippen LogP contribution in [-0.2, 0) is 25.6 Å². The van der Waals surface area contributed by atoms with Crippen LogP contribution in [0.15, 0.2) is 79.0 Å². The summed E-state index contributed by atoms with van der Waals surface area (Å²) in [5.41, 5.74) is 4.25. The van der Waals surface area contributed by atoms with Crippen molar-refractivity contribution in [2.24, 2.45) is 5.92 Å². The highest BCUT2D eigenvalue weighted by Gasteiger charge is 2.42. The number of hydrogen-bond donors (Lipinski definition) is 2. The van der Waals surface area contributed by atoms with Crippen LogP contribution in [0.4, 0.5) is 5.69 Å². The Balaban J connectivity index is 1.20. The maximum absolute atomic E-state index is 13.1. The standard InChI is InChI=1S/C37H42N4O6/c1-23-32(21-41-19-7-10-31(41)35(44)47-37(2,3)4)45-36(46-33(23)25-13-11-24(22-42)12-14-25)26-15-17-27(18-16-26)39-34(43)30-20-38-28-8-5-6-9-29(28)40-30/h5-6,8-9,11-18,20,23,31-33,36,42H,7,10,19,21-22H2,1-4H3,(H,39,43). The lowest BCUT2D eigenvalue weighted by atomic mass is 9.90. The molecule has 6 rings (SSSR count). The highest BCUT2D eigenvalue weighted by Crippen LogP contribution is 2.42. The van der Waals surface area contributed by atoms with Gasteiger partial charge in [-0.2, -0.15) is 0 Å². The third-order valence-electron chi connectivity index (χ3n) is 8.70. The van der Waals surface area contributed by atoms with Gasteiger partial charge in [-0.1, -0.05) is 55.5 Å². The molecular weight excluding hydrogens is 596 g/mol. The van der Waals surface area contributed by atoms with Crippen LogP contribution in [0.25, 0.3) is 11.0 Å². The fourth-order valence-electron chi connectivity index (χ4n) is 6.23. The Bertz CT molecular complexity index is 1710. The minimum absolute atomic E-state index is 0.0345. The van der Waals surface area contributed by atoms with E-state index in [2.05, 4.69) is 27.1 Å². The molecule has 0 aliphatic carbocycles. The van der Waals surface area contributed by atoms with Crippen molar-refractivity contribution in [1.82, 2.24) is 14.9 Å². The lowest BCUT2D eigenvalue weighted by Gasteiger charge is -2.43. The van der Waals surface area contributed by atoms with Gasteiger partial charge in [0.2, 0.25) is 0 Å². The van der Waals surface area contributed by atoms with Gasteiger partial charge >= 0.3 is 5.97 Å². The zero-order valence-corrected chi connectivity index (χ0v) is 27.3. The van der Waals surface area contributed by atoms with Gasteiger partial charge < -0.3 is 24.6 Å². The van der Waals surface area contributed by atoms with E-state index >= 15 is 0 Å². The third-order valence-corrected chi connectivity index (χ3v) is 8.70. The normalized spacial score (nSPS) is 23.5. The van der Waals surface area contributed by atoms with E-state index in [0.717, 1.165) is 41.6 Å². The number of benzene rings is 3. The molecule has 2 saturated heterocycles. The smallest absolute Gasteiger partial charge is 0.323 e.